The Labute approximate surface area is 165 Å². The van der Waals surface area contributed by atoms with Crippen molar-refractivity contribution in [2.45, 2.75) is 38.3 Å². The fourth-order valence-electron chi connectivity index (χ4n) is 4.27. The van der Waals surface area contributed by atoms with Crippen LogP contribution < -0.4 is 20.7 Å². The van der Waals surface area contributed by atoms with Crippen LogP contribution in [0.2, 0.25) is 0 Å². The summed E-state index contributed by atoms with van der Waals surface area (Å²) in [5.74, 6) is 1.27. The number of aryl methyl sites for hydroxylation is 1. The quantitative estimate of drug-likeness (QED) is 0.828. The van der Waals surface area contributed by atoms with Gasteiger partial charge >= 0.3 is 0 Å². The number of nitrogens with two attached hydrogens (primary N) is 1. The molecular formula is C22H27FN4O. The third-order valence-electron chi connectivity index (χ3n) is 5.68. The van der Waals surface area contributed by atoms with E-state index in [1.807, 2.05) is 6.20 Å². The van der Waals surface area contributed by atoms with Crippen LogP contribution in [-0.4, -0.2) is 31.2 Å². The van der Waals surface area contributed by atoms with Crippen LogP contribution in [0.25, 0.3) is 5.57 Å². The maximum absolute atomic E-state index is 14.5. The van der Waals surface area contributed by atoms with Gasteiger partial charge in [0.2, 0.25) is 0 Å². The Kier molecular flexibility index (Phi) is 5.22. The Morgan fingerprint density at radius 3 is 3.00 bits per heavy atom. The zero-order valence-corrected chi connectivity index (χ0v) is 16.4. The molecule has 2 aromatic rings. The van der Waals surface area contributed by atoms with Gasteiger partial charge in [0.05, 0.1) is 24.4 Å². The molecule has 2 aliphatic rings. The van der Waals surface area contributed by atoms with Gasteiger partial charge < -0.3 is 20.7 Å². The van der Waals surface area contributed by atoms with Gasteiger partial charge in [0.15, 0.2) is 0 Å². The smallest absolute Gasteiger partial charge is 0.134 e. The summed E-state index contributed by atoms with van der Waals surface area (Å²) in [5, 5.41) is 3.38. The summed E-state index contributed by atoms with van der Waals surface area (Å²) in [7, 11) is 1.57. The van der Waals surface area contributed by atoms with Crippen LogP contribution in [0, 0.1) is 12.7 Å². The van der Waals surface area contributed by atoms with Gasteiger partial charge in [-0.25, -0.2) is 9.37 Å². The molecule has 28 heavy (non-hydrogen) atoms. The first-order valence-electron chi connectivity index (χ1n) is 9.84. The third-order valence-corrected chi connectivity index (χ3v) is 5.68. The van der Waals surface area contributed by atoms with Crippen LogP contribution in [-0.2, 0) is 0 Å². The van der Waals surface area contributed by atoms with Gasteiger partial charge in [-0.2, -0.15) is 0 Å². The van der Waals surface area contributed by atoms with Crippen LogP contribution in [0.5, 0.6) is 5.75 Å². The molecule has 1 fully saturated rings. The van der Waals surface area contributed by atoms with Crippen LogP contribution >= 0.6 is 0 Å². The minimum absolute atomic E-state index is 0.0110. The zero-order valence-electron chi connectivity index (χ0n) is 16.4. The van der Waals surface area contributed by atoms with Crippen molar-refractivity contribution in [1.82, 2.24) is 10.3 Å². The van der Waals surface area contributed by atoms with E-state index in [1.54, 1.807) is 19.2 Å². The van der Waals surface area contributed by atoms with Crippen LogP contribution in [0.4, 0.5) is 10.2 Å². The largest absolute Gasteiger partial charge is 0.496 e. The minimum atomic E-state index is -0.270. The van der Waals surface area contributed by atoms with Gasteiger partial charge in [-0.3, -0.25) is 0 Å². The number of ether oxygens (including phenoxy) is 1. The average Bonchev–Trinajstić information content (AvgIpc) is 3.36. The topological polar surface area (TPSA) is 63.4 Å². The standard InChI is InChI=1S/C22H27FN4O/c1-14-9-19(26-21(10-14)27-8-4-5-16(27)12-24)18-11-15(13-25-18)22-17(23)6-3-7-20(22)28-2/h3,6-7,9-10,13,16,18,25H,4-5,8,11-12,24H2,1-2H3. The van der Waals surface area contributed by atoms with Crippen molar-refractivity contribution in [3.8, 4) is 5.75 Å². The molecule has 1 aromatic heterocycles. The van der Waals surface area contributed by atoms with E-state index in [1.165, 1.54) is 11.6 Å². The first-order chi connectivity index (χ1) is 13.6. The van der Waals surface area contributed by atoms with E-state index >= 15 is 0 Å². The minimum Gasteiger partial charge on any atom is -0.496 e. The number of nitrogens with zero attached hydrogens (tertiary/aromatic N) is 2. The summed E-state index contributed by atoms with van der Waals surface area (Å²) in [6.45, 7) is 3.72. The molecule has 0 amide bonds. The lowest BCUT2D eigenvalue weighted by molar-refractivity contribution is 0.409. The first kappa shape index (κ1) is 18.7. The maximum Gasteiger partial charge on any atom is 0.134 e. The fraction of sp³-hybridized carbons (Fsp3) is 0.409. The van der Waals surface area contributed by atoms with Crippen molar-refractivity contribution in [2.75, 3.05) is 25.1 Å². The molecule has 2 unspecified atom stereocenters. The highest BCUT2D eigenvalue weighted by Crippen LogP contribution is 2.38. The molecule has 3 N–H and O–H groups in total. The summed E-state index contributed by atoms with van der Waals surface area (Å²) in [5.41, 5.74) is 9.50. The molecule has 1 saturated heterocycles. The molecule has 5 nitrogen and oxygen atoms in total. The molecule has 0 spiro atoms. The predicted molar refractivity (Wildman–Crippen MR) is 110 cm³/mol. The molecular weight excluding hydrogens is 355 g/mol. The van der Waals surface area contributed by atoms with E-state index in [9.17, 15) is 4.39 Å². The van der Waals surface area contributed by atoms with E-state index in [4.69, 9.17) is 15.5 Å². The Balaban J connectivity index is 1.59. The summed E-state index contributed by atoms with van der Waals surface area (Å²) < 4.78 is 19.8. The number of methoxy groups -OCH3 is 1. The molecule has 0 aliphatic carbocycles. The van der Waals surface area contributed by atoms with Gasteiger partial charge in [-0.1, -0.05) is 6.07 Å². The second kappa shape index (κ2) is 7.80. The van der Waals surface area contributed by atoms with E-state index in [2.05, 4.69) is 29.3 Å². The second-order valence-corrected chi connectivity index (χ2v) is 7.56. The number of hydrogen-bond acceptors (Lipinski definition) is 5. The highest BCUT2D eigenvalue weighted by Gasteiger charge is 2.28. The Bertz CT molecular complexity index is 898. The Morgan fingerprint density at radius 1 is 1.36 bits per heavy atom. The average molecular weight is 382 g/mol. The van der Waals surface area contributed by atoms with Crippen LogP contribution in [0.3, 0.4) is 0 Å². The van der Waals surface area contributed by atoms with Crippen molar-refractivity contribution in [3.05, 3.63) is 59.2 Å². The first-order valence-corrected chi connectivity index (χ1v) is 9.84. The molecule has 6 heteroatoms. The molecule has 148 valence electrons. The van der Waals surface area contributed by atoms with E-state index in [0.29, 0.717) is 30.3 Å². The number of pyridine rings is 1. The Hall–Kier alpha value is -2.60. The van der Waals surface area contributed by atoms with Gasteiger partial charge in [-0.15, -0.1) is 0 Å². The Morgan fingerprint density at radius 2 is 2.21 bits per heavy atom. The van der Waals surface area contributed by atoms with Crippen molar-refractivity contribution in [3.63, 3.8) is 0 Å². The number of benzene rings is 1. The highest BCUT2D eigenvalue weighted by atomic mass is 19.1. The predicted octanol–water partition coefficient (Wildman–Crippen LogP) is 3.54. The van der Waals surface area contributed by atoms with Crippen molar-refractivity contribution >= 4 is 11.4 Å². The third kappa shape index (κ3) is 3.44. The molecule has 1 aromatic carbocycles. The number of rotatable bonds is 5. The van der Waals surface area contributed by atoms with E-state index in [-0.39, 0.29) is 11.9 Å². The second-order valence-electron chi connectivity index (χ2n) is 7.56. The van der Waals surface area contributed by atoms with Gasteiger partial charge in [0.1, 0.15) is 17.4 Å². The number of anilines is 1. The molecule has 2 atom stereocenters. The lowest BCUT2D eigenvalue weighted by Crippen LogP contribution is -2.36. The van der Waals surface area contributed by atoms with Crippen molar-refractivity contribution < 1.29 is 9.13 Å². The van der Waals surface area contributed by atoms with E-state index < -0.39 is 0 Å². The van der Waals surface area contributed by atoms with Gasteiger partial charge in [-0.05, 0) is 55.2 Å². The monoisotopic (exact) mass is 382 g/mol. The molecule has 4 rings (SSSR count). The number of hydrogen-bond donors (Lipinski definition) is 2. The summed E-state index contributed by atoms with van der Waals surface area (Å²) in [4.78, 5) is 7.26. The number of aromatic nitrogens is 1. The lowest BCUT2D eigenvalue weighted by atomic mass is 9.99. The van der Waals surface area contributed by atoms with Crippen LogP contribution in [0.15, 0.2) is 36.5 Å². The lowest BCUT2D eigenvalue weighted by Gasteiger charge is -2.26. The van der Waals surface area contributed by atoms with Gasteiger partial charge in [0, 0.05) is 31.8 Å². The highest BCUT2D eigenvalue weighted by molar-refractivity contribution is 5.73. The van der Waals surface area contributed by atoms with Crippen molar-refractivity contribution in [2.24, 2.45) is 5.73 Å². The van der Waals surface area contributed by atoms with Gasteiger partial charge in [0.25, 0.3) is 0 Å². The molecule has 2 aliphatic heterocycles. The van der Waals surface area contributed by atoms with Crippen LogP contribution in [0.1, 0.15) is 42.1 Å². The fourth-order valence-corrected chi connectivity index (χ4v) is 4.27. The number of nitrogens with one attached hydrogen (secondary N) is 1. The molecule has 0 bridgehead atoms. The summed E-state index contributed by atoms with van der Waals surface area (Å²) in [6.07, 6.45) is 4.80. The summed E-state index contributed by atoms with van der Waals surface area (Å²) in [6, 6.07) is 9.51. The maximum atomic E-state index is 14.5. The SMILES string of the molecule is COc1cccc(F)c1C1=CNC(c2cc(C)cc(N3CCCC3CN)n2)C1. The zero-order chi connectivity index (χ0) is 19.7. The van der Waals surface area contributed by atoms with Crippen molar-refractivity contribution in [1.29, 1.82) is 0 Å². The summed E-state index contributed by atoms with van der Waals surface area (Å²) >= 11 is 0. The molecule has 0 saturated carbocycles. The molecule has 0 radical (unpaired) electrons. The van der Waals surface area contributed by atoms with E-state index in [0.717, 1.165) is 36.5 Å². The molecule has 3 heterocycles. The number of halogens is 1. The normalized spacial score (nSPS) is 21.6.